The molecule has 0 unspecified atom stereocenters. The van der Waals surface area contributed by atoms with Crippen LogP contribution in [0.1, 0.15) is 12.2 Å². The third kappa shape index (κ3) is 1.34. The highest BCUT2D eigenvalue weighted by Gasteiger charge is 2.00. The summed E-state index contributed by atoms with van der Waals surface area (Å²) in [5.41, 5.74) is 0.883. The fourth-order valence-corrected chi connectivity index (χ4v) is 1.04. The van der Waals surface area contributed by atoms with Crippen molar-refractivity contribution in [1.82, 2.24) is 9.97 Å². The molecule has 60 valence electrons. The van der Waals surface area contributed by atoms with Crippen molar-refractivity contribution in [3.8, 4) is 0 Å². The molecule has 0 radical (unpaired) electrons. The molecule has 0 amide bonds. The van der Waals surface area contributed by atoms with Crippen molar-refractivity contribution < 1.29 is 0 Å². The standard InChI is InChI=1S/C9H9N3/c1-2-4-8(10-5-3-1)9-11-6-7-12-9/h1-2,4-7H,3H2,(H,11,12). The summed E-state index contributed by atoms with van der Waals surface area (Å²) in [4.78, 5) is 11.4. The van der Waals surface area contributed by atoms with Gasteiger partial charge in [-0.3, -0.25) is 4.99 Å². The molecule has 1 aromatic heterocycles. The highest BCUT2D eigenvalue weighted by atomic mass is 14.9. The van der Waals surface area contributed by atoms with Gasteiger partial charge in [-0.15, -0.1) is 0 Å². The van der Waals surface area contributed by atoms with E-state index in [1.54, 1.807) is 12.4 Å². The third-order valence-electron chi connectivity index (χ3n) is 1.60. The van der Waals surface area contributed by atoms with Gasteiger partial charge in [0.15, 0.2) is 5.82 Å². The van der Waals surface area contributed by atoms with Crippen LogP contribution in [-0.2, 0) is 0 Å². The summed E-state index contributed by atoms with van der Waals surface area (Å²) in [5.74, 6) is 0.817. The predicted molar refractivity (Wildman–Crippen MR) is 48.8 cm³/mol. The second-order valence-corrected chi connectivity index (χ2v) is 2.47. The Morgan fingerprint density at radius 3 is 3.25 bits per heavy atom. The van der Waals surface area contributed by atoms with E-state index in [0.29, 0.717) is 0 Å². The zero-order valence-electron chi connectivity index (χ0n) is 6.57. The van der Waals surface area contributed by atoms with Gasteiger partial charge in [-0.05, 0) is 6.08 Å². The summed E-state index contributed by atoms with van der Waals surface area (Å²) < 4.78 is 0. The first-order valence-electron chi connectivity index (χ1n) is 3.86. The highest BCUT2D eigenvalue weighted by molar-refractivity contribution is 5.74. The lowest BCUT2D eigenvalue weighted by molar-refractivity contribution is 1.22. The van der Waals surface area contributed by atoms with Crippen LogP contribution in [0, 0.1) is 0 Å². The van der Waals surface area contributed by atoms with E-state index in [-0.39, 0.29) is 0 Å². The maximum Gasteiger partial charge on any atom is 0.155 e. The lowest BCUT2D eigenvalue weighted by atomic mass is 10.3. The van der Waals surface area contributed by atoms with Crippen LogP contribution in [0.3, 0.4) is 0 Å². The molecule has 3 nitrogen and oxygen atoms in total. The number of nitrogens with zero attached hydrogens (tertiary/aromatic N) is 2. The van der Waals surface area contributed by atoms with Gasteiger partial charge < -0.3 is 4.98 Å². The van der Waals surface area contributed by atoms with Crippen LogP contribution >= 0.6 is 0 Å². The van der Waals surface area contributed by atoms with Gasteiger partial charge in [0.2, 0.25) is 0 Å². The molecule has 0 fully saturated rings. The minimum atomic E-state index is 0.817. The smallest absolute Gasteiger partial charge is 0.155 e. The first kappa shape index (κ1) is 7.03. The Morgan fingerprint density at radius 2 is 2.42 bits per heavy atom. The number of aromatic nitrogens is 2. The van der Waals surface area contributed by atoms with Crippen molar-refractivity contribution in [2.24, 2.45) is 4.99 Å². The van der Waals surface area contributed by atoms with E-state index in [0.717, 1.165) is 17.9 Å². The number of rotatable bonds is 1. The van der Waals surface area contributed by atoms with E-state index in [2.05, 4.69) is 21.0 Å². The van der Waals surface area contributed by atoms with E-state index in [1.807, 2.05) is 18.4 Å². The van der Waals surface area contributed by atoms with Gasteiger partial charge >= 0.3 is 0 Å². The summed E-state index contributed by atoms with van der Waals surface area (Å²) in [5, 5.41) is 0. The molecule has 0 spiro atoms. The Labute approximate surface area is 70.6 Å². The van der Waals surface area contributed by atoms with Crippen LogP contribution in [0.2, 0.25) is 0 Å². The molecule has 2 rings (SSSR count). The zero-order valence-corrected chi connectivity index (χ0v) is 6.57. The number of nitrogens with one attached hydrogen (secondary N) is 1. The number of hydrogen-bond acceptors (Lipinski definition) is 2. The van der Waals surface area contributed by atoms with E-state index in [4.69, 9.17) is 0 Å². The summed E-state index contributed by atoms with van der Waals surface area (Å²) in [6, 6.07) is 0. The average molecular weight is 159 g/mol. The van der Waals surface area contributed by atoms with Gasteiger partial charge in [0, 0.05) is 25.0 Å². The maximum absolute atomic E-state index is 4.25. The molecule has 1 aliphatic rings. The van der Waals surface area contributed by atoms with Crippen molar-refractivity contribution in [2.45, 2.75) is 6.42 Å². The molecule has 0 saturated heterocycles. The highest BCUT2D eigenvalue weighted by Crippen LogP contribution is 2.11. The number of aliphatic imine (C=N–C) groups is 1. The monoisotopic (exact) mass is 159 g/mol. The quantitative estimate of drug-likeness (QED) is 0.666. The van der Waals surface area contributed by atoms with Crippen LogP contribution < -0.4 is 0 Å². The molecule has 1 aromatic rings. The lowest BCUT2D eigenvalue weighted by Gasteiger charge is -1.92. The predicted octanol–water partition coefficient (Wildman–Crippen LogP) is 1.78. The van der Waals surface area contributed by atoms with E-state index < -0.39 is 0 Å². The van der Waals surface area contributed by atoms with Gasteiger partial charge in [0.25, 0.3) is 0 Å². The van der Waals surface area contributed by atoms with Crippen molar-refractivity contribution in [2.75, 3.05) is 0 Å². The van der Waals surface area contributed by atoms with E-state index >= 15 is 0 Å². The van der Waals surface area contributed by atoms with E-state index in [1.165, 1.54) is 0 Å². The number of aromatic amines is 1. The van der Waals surface area contributed by atoms with Crippen LogP contribution in [-0.4, -0.2) is 16.2 Å². The van der Waals surface area contributed by atoms with Crippen LogP contribution in [0.15, 0.2) is 35.6 Å². The minimum absolute atomic E-state index is 0.817. The van der Waals surface area contributed by atoms with Gasteiger partial charge in [-0.2, -0.15) is 0 Å². The second kappa shape index (κ2) is 3.17. The third-order valence-corrected chi connectivity index (χ3v) is 1.60. The molecular weight excluding hydrogens is 150 g/mol. The Morgan fingerprint density at radius 1 is 1.42 bits per heavy atom. The molecule has 3 heteroatoms. The molecule has 1 N–H and O–H groups in total. The second-order valence-electron chi connectivity index (χ2n) is 2.47. The Balaban J connectivity index is 2.34. The van der Waals surface area contributed by atoms with Gasteiger partial charge in [0.1, 0.15) is 5.70 Å². The molecule has 1 aliphatic heterocycles. The van der Waals surface area contributed by atoms with Crippen molar-refractivity contribution in [3.63, 3.8) is 0 Å². The summed E-state index contributed by atoms with van der Waals surface area (Å²) in [7, 11) is 0. The Bertz CT molecular complexity index is 331. The Hall–Kier alpha value is -1.64. The first-order chi connectivity index (χ1) is 5.97. The first-order valence-corrected chi connectivity index (χ1v) is 3.86. The van der Waals surface area contributed by atoms with Crippen molar-refractivity contribution in [3.05, 3.63) is 36.4 Å². The zero-order chi connectivity index (χ0) is 8.23. The number of allylic oxidation sites excluding steroid dienone is 3. The normalized spacial score (nSPS) is 15.8. The number of hydrogen-bond donors (Lipinski definition) is 1. The summed E-state index contributed by atoms with van der Waals surface area (Å²) >= 11 is 0. The van der Waals surface area contributed by atoms with Crippen molar-refractivity contribution in [1.29, 1.82) is 0 Å². The van der Waals surface area contributed by atoms with Crippen molar-refractivity contribution >= 4 is 11.9 Å². The molecule has 0 saturated carbocycles. The molecule has 0 aliphatic carbocycles. The maximum atomic E-state index is 4.25. The summed E-state index contributed by atoms with van der Waals surface area (Å²) in [6.07, 6.45) is 12.3. The average Bonchev–Trinajstić information content (AvgIpc) is 2.48. The van der Waals surface area contributed by atoms with Gasteiger partial charge in [-0.25, -0.2) is 4.98 Å². The summed E-state index contributed by atoms with van der Waals surface area (Å²) in [6.45, 7) is 0. The molecule has 0 atom stereocenters. The molecule has 0 aromatic carbocycles. The van der Waals surface area contributed by atoms with Gasteiger partial charge in [-0.1, -0.05) is 12.2 Å². The topological polar surface area (TPSA) is 41.0 Å². The van der Waals surface area contributed by atoms with Crippen LogP contribution in [0.25, 0.3) is 5.70 Å². The number of imidazole rings is 1. The van der Waals surface area contributed by atoms with Gasteiger partial charge in [0.05, 0.1) is 0 Å². The fraction of sp³-hybridized carbons (Fsp3) is 0.111. The fourth-order valence-electron chi connectivity index (χ4n) is 1.04. The lowest BCUT2D eigenvalue weighted by Crippen LogP contribution is -1.83. The Kier molecular flexibility index (Phi) is 1.86. The van der Waals surface area contributed by atoms with Crippen LogP contribution in [0.4, 0.5) is 0 Å². The molecule has 12 heavy (non-hydrogen) atoms. The molecular formula is C9H9N3. The van der Waals surface area contributed by atoms with Crippen LogP contribution in [0.5, 0.6) is 0 Å². The number of H-pyrrole nitrogens is 1. The largest absolute Gasteiger partial charge is 0.343 e. The van der Waals surface area contributed by atoms with E-state index in [9.17, 15) is 0 Å². The molecule has 2 heterocycles. The SMILES string of the molecule is C1=CCC=NC(c2ncc[nH]2)=C1. The molecule has 0 bridgehead atoms. The minimum Gasteiger partial charge on any atom is -0.343 e.